The highest BCUT2D eigenvalue weighted by Gasteiger charge is 2.36. The summed E-state index contributed by atoms with van der Waals surface area (Å²) >= 11 is 0. The van der Waals surface area contributed by atoms with E-state index in [1.54, 1.807) is 21.0 Å². The van der Waals surface area contributed by atoms with Crippen LogP contribution < -0.4 is 15.0 Å². The Morgan fingerprint density at radius 3 is 2.48 bits per heavy atom. The van der Waals surface area contributed by atoms with Crippen molar-refractivity contribution in [2.24, 2.45) is 0 Å². The molecule has 1 N–H and O–H groups in total. The number of aryl methyl sites for hydroxylation is 1. The van der Waals surface area contributed by atoms with Gasteiger partial charge in [-0.3, -0.25) is 0 Å². The molecule has 1 fully saturated rings. The molecule has 1 aliphatic heterocycles. The molecule has 0 radical (unpaired) electrons. The van der Waals surface area contributed by atoms with E-state index in [4.69, 9.17) is 4.74 Å². The lowest BCUT2D eigenvalue weighted by molar-refractivity contribution is -0.145. The van der Waals surface area contributed by atoms with Crippen molar-refractivity contribution in [3.05, 3.63) is 41.3 Å². The van der Waals surface area contributed by atoms with Crippen LogP contribution in [0, 0.1) is 13.8 Å². The smallest absolute Gasteiger partial charge is 0.451 e. The van der Waals surface area contributed by atoms with Crippen LogP contribution in [-0.4, -0.2) is 36.2 Å². The number of nitrogens with one attached hydrogen (secondary N) is 1. The summed E-state index contributed by atoms with van der Waals surface area (Å²) in [6, 6.07) is 7.72. The van der Waals surface area contributed by atoms with Gasteiger partial charge in [0, 0.05) is 36.1 Å². The number of nitrogens with zero attached hydrogens (tertiary/aromatic N) is 3. The topological polar surface area (TPSA) is 50.3 Å². The minimum atomic E-state index is -4.55. The highest BCUT2D eigenvalue weighted by atomic mass is 19.4. The monoisotopic (exact) mass is 380 g/mol. The maximum atomic E-state index is 13.1. The fraction of sp³-hybridized carbons (Fsp3) is 0.474. The predicted octanol–water partition coefficient (Wildman–Crippen LogP) is 4.20. The van der Waals surface area contributed by atoms with Crippen molar-refractivity contribution in [3.8, 4) is 5.75 Å². The second-order valence-electron chi connectivity index (χ2n) is 6.74. The van der Waals surface area contributed by atoms with Crippen LogP contribution in [0.2, 0.25) is 0 Å². The maximum Gasteiger partial charge on any atom is 0.451 e. The molecule has 1 aromatic carbocycles. The fourth-order valence-electron chi connectivity index (χ4n) is 3.26. The van der Waals surface area contributed by atoms with Crippen LogP contribution in [0.4, 0.5) is 24.7 Å². The molecule has 3 rings (SSSR count). The first-order valence-electron chi connectivity index (χ1n) is 8.86. The summed E-state index contributed by atoms with van der Waals surface area (Å²) < 4.78 is 44.5. The maximum absolute atomic E-state index is 13.1. The lowest BCUT2D eigenvalue weighted by Crippen LogP contribution is -2.43. The lowest BCUT2D eigenvalue weighted by atomic mass is 10.0. The molecular weight excluding hydrogens is 357 g/mol. The molecule has 2 aromatic rings. The van der Waals surface area contributed by atoms with E-state index in [-0.39, 0.29) is 6.04 Å². The first kappa shape index (κ1) is 19.3. The largest absolute Gasteiger partial charge is 0.497 e. The van der Waals surface area contributed by atoms with Gasteiger partial charge in [0.2, 0.25) is 5.82 Å². The summed E-state index contributed by atoms with van der Waals surface area (Å²) in [5, 5.41) is 3.45. The van der Waals surface area contributed by atoms with Crippen LogP contribution in [0.3, 0.4) is 0 Å². The van der Waals surface area contributed by atoms with Crippen molar-refractivity contribution in [3.63, 3.8) is 0 Å². The highest BCUT2D eigenvalue weighted by Crippen LogP contribution is 2.31. The molecule has 2 heterocycles. The van der Waals surface area contributed by atoms with Crippen LogP contribution in [0.15, 0.2) is 24.3 Å². The molecule has 1 aliphatic rings. The molecule has 0 bridgehead atoms. The number of ether oxygens (including phenoxy) is 1. The summed E-state index contributed by atoms with van der Waals surface area (Å²) in [6.45, 7) is 4.62. The number of alkyl halides is 3. The van der Waals surface area contributed by atoms with Crippen LogP contribution in [0.1, 0.15) is 29.9 Å². The Morgan fingerprint density at radius 1 is 1.15 bits per heavy atom. The number of hydrogen-bond donors (Lipinski definition) is 1. The quantitative estimate of drug-likeness (QED) is 0.862. The normalized spacial score (nSPS) is 17.7. The Bertz CT molecular complexity index is 793. The molecule has 1 unspecified atom stereocenters. The summed E-state index contributed by atoms with van der Waals surface area (Å²) in [6.07, 6.45) is -2.74. The van der Waals surface area contributed by atoms with Gasteiger partial charge in [0.15, 0.2) is 0 Å². The van der Waals surface area contributed by atoms with E-state index in [1.807, 2.05) is 29.2 Å². The van der Waals surface area contributed by atoms with Crippen molar-refractivity contribution in [1.82, 2.24) is 9.97 Å². The highest BCUT2D eigenvalue weighted by molar-refractivity contribution is 5.51. The van der Waals surface area contributed by atoms with E-state index in [2.05, 4.69) is 15.3 Å². The number of hydrogen-bond acceptors (Lipinski definition) is 5. The number of anilines is 2. The van der Waals surface area contributed by atoms with Gasteiger partial charge in [-0.15, -0.1) is 0 Å². The third-order valence-corrected chi connectivity index (χ3v) is 4.80. The molecule has 1 atom stereocenters. The van der Waals surface area contributed by atoms with Crippen molar-refractivity contribution in [1.29, 1.82) is 0 Å². The van der Waals surface area contributed by atoms with Crippen LogP contribution >= 0.6 is 0 Å². The van der Waals surface area contributed by atoms with Gasteiger partial charge in [0.05, 0.1) is 7.11 Å². The molecular formula is C19H23F3N4O. The summed E-state index contributed by atoms with van der Waals surface area (Å²) in [5.74, 6) is 0.0690. The number of methoxy groups -OCH3 is 1. The Kier molecular flexibility index (Phi) is 5.43. The summed E-state index contributed by atoms with van der Waals surface area (Å²) in [4.78, 5) is 9.37. The van der Waals surface area contributed by atoms with Crippen LogP contribution in [-0.2, 0) is 6.18 Å². The molecule has 5 nitrogen and oxygen atoms in total. The third-order valence-electron chi connectivity index (χ3n) is 4.80. The number of halogens is 3. The van der Waals surface area contributed by atoms with Gasteiger partial charge < -0.3 is 15.0 Å². The summed E-state index contributed by atoms with van der Waals surface area (Å²) in [7, 11) is 1.61. The molecule has 0 spiro atoms. The minimum absolute atomic E-state index is 0.121. The molecule has 0 saturated carbocycles. The standard InChI is InChI=1S/C19H23F3N4O/c1-12-13(2)23-18(19(20,21)22)25-17(12)26-10-4-5-15(11-26)24-14-6-8-16(27-3)9-7-14/h6-9,15,24H,4-5,10-11H2,1-3H3. The van der Waals surface area contributed by atoms with Gasteiger partial charge >= 0.3 is 6.18 Å². The molecule has 8 heteroatoms. The zero-order valence-corrected chi connectivity index (χ0v) is 15.6. The van der Waals surface area contributed by atoms with Gasteiger partial charge in [-0.1, -0.05) is 0 Å². The van der Waals surface area contributed by atoms with Crippen molar-refractivity contribution >= 4 is 11.5 Å². The molecule has 146 valence electrons. The lowest BCUT2D eigenvalue weighted by Gasteiger charge is -2.35. The van der Waals surface area contributed by atoms with Gasteiger partial charge in [-0.2, -0.15) is 13.2 Å². The van der Waals surface area contributed by atoms with Crippen molar-refractivity contribution < 1.29 is 17.9 Å². The van der Waals surface area contributed by atoms with E-state index in [0.29, 0.717) is 30.2 Å². The zero-order valence-electron chi connectivity index (χ0n) is 15.6. The van der Waals surface area contributed by atoms with E-state index in [0.717, 1.165) is 24.3 Å². The average molecular weight is 380 g/mol. The number of benzene rings is 1. The van der Waals surface area contributed by atoms with E-state index in [1.165, 1.54) is 0 Å². The van der Waals surface area contributed by atoms with E-state index < -0.39 is 12.0 Å². The molecule has 0 amide bonds. The number of piperidine rings is 1. The third kappa shape index (κ3) is 4.43. The van der Waals surface area contributed by atoms with Gasteiger partial charge in [-0.05, 0) is 51.0 Å². The molecule has 1 aromatic heterocycles. The van der Waals surface area contributed by atoms with Crippen LogP contribution in [0.25, 0.3) is 0 Å². The number of aromatic nitrogens is 2. The van der Waals surface area contributed by atoms with E-state index >= 15 is 0 Å². The average Bonchev–Trinajstić information content (AvgIpc) is 2.64. The second kappa shape index (κ2) is 7.62. The molecule has 1 saturated heterocycles. The Morgan fingerprint density at radius 2 is 1.85 bits per heavy atom. The van der Waals surface area contributed by atoms with Crippen LogP contribution in [0.5, 0.6) is 5.75 Å². The first-order valence-corrected chi connectivity index (χ1v) is 8.86. The van der Waals surface area contributed by atoms with Gasteiger partial charge in [-0.25, -0.2) is 9.97 Å². The van der Waals surface area contributed by atoms with Gasteiger partial charge in [0.1, 0.15) is 11.6 Å². The molecule has 0 aliphatic carbocycles. The Hall–Kier alpha value is -2.51. The second-order valence-corrected chi connectivity index (χ2v) is 6.74. The zero-order chi connectivity index (χ0) is 19.6. The Balaban J connectivity index is 1.78. The molecule has 27 heavy (non-hydrogen) atoms. The van der Waals surface area contributed by atoms with Gasteiger partial charge in [0.25, 0.3) is 0 Å². The first-order chi connectivity index (χ1) is 12.8. The van der Waals surface area contributed by atoms with Crippen molar-refractivity contribution in [2.75, 3.05) is 30.4 Å². The van der Waals surface area contributed by atoms with Crippen molar-refractivity contribution in [2.45, 2.75) is 38.9 Å². The minimum Gasteiger partial charge on any atom is -0.497 e. The number of rotatable bonds is 4. The fourth-order valence-corrected chi connectivity index (χ4v) is 3.26. The predicted molar refractivity (Wildman–Crippen MR) is 98.4 cm³/mol. The van der Waals surface area contributed by atoms with E-state index in [9.17, 15) is 13.2 Å². The SMILES string of the molecule is COc1ccc(NC2CCCN(c3nc(C(F)(F)F)nc(C)c3C)C2)cc1. The Labute approximate surface area is 156 Å². The summed E-state index contributed by atoms with van der Waals surface area (Å²) in [5.41, 5.74) is 2.00.